The Kier molecular flexibility index (Phi) is 5.65. The zero-order chi connectivity index (χ0) is 21.9. The van der Waals surface area contributed by atoms with Crippen molar-refractivity contribution >= 4 is 17.1 Å². The molecule has 2 aromatic carbocycles. The topological polar surface area (TPSA) is 48.3 Å². The van der Waals surface area contributed by atoms with Crippen LogP contribution in [0.2, 0.25) is 0 Å². The van der Waals surface area contributed by atoms with Crippen LogP contribution in [0.4, 0.5) is 0 Å². The summed E-state index contributed by atoms with van der Waals surface area (Å²) < 4.78 is 13.9. The summed E-state index contributed by atoms with van der Waals surface area (Å²) in [5.41, 5.74) is 5.82. The Morgan fingerprint density at radius 2 is 2.00 bits per heavy atom. The van der Waals surface area contributed by atoms with Gasteiger partial charge in [0.2, 0.25) is 0 Å². The van der Waals surface area contributed by atoms with E-state index < -0.39 is 0 Å². The molecule has 162 valence electrons. The lowest BCUT2D eigenvalue weighted by Crippen LogP contribution is -2.28. The fraction of sp³-hybridized carbons (Fsp3) is 0.222. The van der Waals surface area contributed by atoms with Gasteiger partial charge in [-0.3, -0.25) is 0 Å². The summed E-state index contributed by atoms with van der Waals surface area (Å²) in [6.45, 7) is 1.44. The third kappa shape index (κ3) is 3.99. The Morgan fingerprint density at radius 1 is 1.12 bits per heavy atom. The number of aromatic nitrogens is 2. The molecule has 0 aliphatic carbocycles. The quantitative estimate of drug-likeness (QED) is 0.469. The molecule has 1 unspecified atom stereocenters. The van der Waals surface area contributed by atoms with Crippen molar-refractivity contribution in [3.8, 4) is 11.5 Å². The molecule has 1 N–H and O–H groups in total. The molecule has 2 aromatic heterocycles. The van der Waals surface area contributed by atoms with Crippen LogP contribution in [0.5, 0.6) is 11.5 Å². The van der Waals surface area contributed by atoms with Crippen LogP contribution in [0.3, 0.4) is 0 Å². The number of hydrogen-bond donors (Lipinski definition) is 1. The van der Waals surface area contributed by atoms with Crippen LogP contribution in [0, 0.1) is 0 Å². The van der Waals surface area contributed by atoms with Crippen molar-refractivity contribution in [2.45, 2.75) is 19.1 Å². The molecule has 0 bridgehead atoms. The maximum absolute atomic E-state index is 6.12. The minimum Gasteiger partial charge on any atom is -0.493 e. The van der Waals surface area contributed by atoms with E-state index >= 15 is 0 Å². The molecular weight excluding hydrogens is 398 g/mol. The van der Waals surface area contributed by atoms with Crippen molar-refractivity contribution < 1.29 is 9.47 Å². The number of ether oxygens (including phenoxy) is 2. The summed E-state index contributed by atoms with van der Waals surface area (Å²) in [4.78, 5) is 4.49. The normalized spacial score (nSPS) is 15.8. The average Bonchev–Trinajstić information content (AvgIpc) is 3.22. The first-order chi connectivity index (χ1) is 15.7. The number of nitrogens with zero attached hydrogens (tertiary/aromatic N) is 2. The highest BCUT2D eigenvalue weighted by molar-refractivity contribution is 5.86. The van der Waals surface area contributed by atoms with Crippen molar-refractivity contribution in [3.63, 3.8) is 0 Å². The number of hydrogen-bond acceptors (Lipinski definition) is 4. The number of pyridine rings is 1. The zero-order valence-corrected chi connectivity index (χ0v) is 18.4. The smallest absolute Gasteiger partial charge is 0.161 e. The van der Waals surface area contributed by atoms with E-state index in [1.165, 1.54) is 16.7 Å². The largest absolute Gasteiger partial charge is 0.493 e. The number of fused-ring (bicyclic) bond motifs is 2. The molecule has 5 heteroatoms. The molecular formula is C27H27N3O2. The van der Waals surface area contributed by atoms with Gasteiger partial charge < -0.3 is 19.4 Å². The number of benzene rings is 2. The van der Waals surface area contributed by atoms with Crippen molar-refractivity contribution in [1.29, 1.82) is 0 Å². The van der Waals surface area contributed by atoms with E-state index in [-0.39, 0.29) is 6.04 Å². The van der Waals surface area contributed by atoms with Gasteiger partial charge in [-0.25, -0.2) is 4.98 Å². The number of aryl methyl sites for hydroxylation is 1. The monoisotopic (exact) mass is 425 g/mol. The molecule has 0 radical (unpaired) electrons. The average molecular weight is 426 g/mol. The van der Waals surface area contributed by atoms with Gasteiger partial charge in [-0.05, 0) is 52.9 Å². The third-order valence-electron chi connectivity index (χ3n) is 6.03. The Hall–Kier alpha value is -3.57. The summed E-state index contributed by atoms with van der Waals surface area (Å²) in [5.74, 6) is 1.55. The number of nitrogens with one attached hydrogen (secondary N) is 1. The van der Waals surface area contributed by atoms with Gasteiger partial charge in [0, 0.05) is 31.4 Å². The molecule has 1 aliphatic rings. The molecule has 5 nitrogen and oxygen atoms in total. The Balaban J connectivity index is 1.42. The number of rotatable bonds is 6. The van der Waals surface area contributed by atoms with Crippen LogP contribution in [0.1, 0.15) is 28.3 Å². The van der Waals surface area contributed by atoms with Crippen molar-refractivity contribution in [2.24, 2.45) is 7.05 Å². The second-order valence-corrected chi connectivity index (χ2v) is 8.08. The second-order valence-electron chi connectivity index (χ2n) is 8.08. The van der Waals surface area contributed by atoms with Gasteiger partial charge in [-0.2, -0.15) is 0 Å². The minimum absolute atomic E-state index is 0.114. The van der Waals surface area contributed by atoms with E-state index in [1.54, 1.807) is 7.11 Å². The van der Waals surface area contributed by atoms with Gasteiger partial charge in [-0.15, -0.1) is 0 Å². The Morgan fingerprint density at radius 3 is 2.84 bits per heavy atom. The predicted octanol–water partition coefficient (Wildman–Crippen LogP) is 5.06. The molecule has 0 saturated carbocycles. The van der Waals surface area contributed by atoms with Crippen molar-refractivity contribution in [2.75, 3.05) is 13.7 Å². The summed E-state index contributed by atoms with van der Waals surface area (Å²) in [7, 11) is 3.72. The highest BCUT2D eigenvalue weighted by atomic mass is 16.5. The second kappa shape index (κ2) is 8.89. The fourth-order valence-electron chi connectivity index (χ4n) is 4.31. The molecule has 1 aliphatic heterocycles. The van der Waals surface area contributed by atoms with Gasteiger partial charge in [0.25, 0.3) is 0 Å². The van der Waals surface area contributed by atoms with Crippen molar-refractivity contribution in [3.05, 3.63) is 95.3 Å². The SMILES string of the molecule is COc1cc2c(cc1OCc1ccccc1)CCNC2/C=C/c1ccnc2c1ccn2C. The maximum Gasteiger partial charge on any atom is 0.161 e. The van der Waals surface area contributed by atoms with Crippen LogP contribution >= 0.6 is 0 Å². The predicted molar refractivity (Wildman–Crippen MR) is 128 cm³/mol. The molecule has 1 atom stereocenters. The van der Waals surface area contributed by atoms with Crippen LogP contribution in [-0.2, 0) is 20.1 Å². The Labute approximate surface area is 188 Å². The molecule has 0 saturated heterocycles. The first-order valence-corrected chi connectivity index (χ1v) is 10.9. The van der Waals surface area contributed by atoms with Gasteiger partial charge in [0.15, 0.2) is 11.5 Å². The molecule has 5 rings (SSSR count). The summed E-state index contributed by atoms with van der Waals surface area (Å²) in [5, 5.41) is 4.78. The lowest BCUT2D eigenvalue weighted by atomic mass is 9.93. The lowest BCUT2D eigenvalue weighted by molar-refractivity contribution is 0.283. The fourth-order valence-corrected chi connectivity index (χ4v) is 4.31. The molecule has 0 spiro atoms. The zero-order valence-electron chi connectivity index (χ0n) is 18.4. The molecule has 3 heterocycles. The highest BCUT2D eigenvalue weighted by Gasteiger charge is 2.21. The van der Waals surface area contributed by atoms with Crippen LogP contribution < -0.4 is 14.8 Å². The highest BCUT2D eigenvalue weighted by Crippen LogP contribution is 2.36. The molecule has 4 aromatic rings. The van der Waals surface area contributed by atoms with E-state index in [4.69, 9.17) is 9.47 Å². The number of methoxy groups -OCH3 is 1. The molecule has 0 fully saturated rings. The summed E-state index contributed by atoms with van der Waals surface area (Å²) in [6, 6.07) is 18.7. The lowest BCUT2D eigenvalue weighted by Gasteiger charge is -2.26. The Bertz CT molecular complexity index is 1260. The van der Waals surface area contributed by atoms with Crippen LogP contribution in [0.15, 0.2) is 73.1 Å². The molecule has 0 amide bonds. The first-order valence-electron chi connectivity index (χ1n) is 10.9. The van der Waals surface area contributed by atoms with Crippen molar-refractivity contribution in [1.82, 2.24) is 14.9 Å². The maximum atomic E-state index is 6.12. The van der Waals surface area contributed by atoms with Crippen LogP contribution in [0.25, 0.3) is 17.1 Å². The van der Waals surface area contributed by atoms with E-state index in [1.807, 2.05) is 42.2 Å². The van der Waals surface area contributed by atoms with E-state index in [0.717, 1.165) is 41.1 Å². The van der Waals surface area contributed by atoms with E-state index in [9.17, 15) is 0 Å². The van der Waals surface area contributed by atoms with Gasteiger partial charge in [0.1, 0.15) is 12.3 Å². The van der Waals surface area contributed by atoms with Gasteiger partial charge in [-0.1, -0.05) is 42.5 Å². The first kappa shape index (κ1) is 20.3. The summed E-state index contributed by atoms with van der Waals surface area (Å²) >= 11 is 0. The van der Waals surface area contributed by atoms with E-state index in [2.05, 4.69) is 58.9 Å². The summed E-state index contributed by atoms with van der Waals surface area (Å²) in [6.07, 6.45) is 9.28. The van der Waals surface area contributed by atoms with Crippen LogP contribution in [-0.4, -0.2) is 23.2 Å². The third-order valence-corrected chi connectivity index (χ3v) is 6.03. The van der Waals surface area contributed by atoms with Gasteiger partial charge in [0.05, 0.1) is 13.2 Å². The standard InChI is InChI=1S/C27H27N3O2/c1-30-15-12-22-20(10-14-29-27(22)30)8-9-24-23-17-25(31-2)26(16-21(23)11-13-28-24)32-18-19-6-4-3-5-7-19/h3-10,12,14-17,24,28H,11,13,18H2,1-2H3/b9-8+. The molecule has 32 heavy (non-hydrogen) atoms. The minimum atomic E-state index is 0.114. The van der Waals surface area contributed by atoms with Gasteiger partial charge >= 0.3 is 0 Å². The van der Waals surface area contributed by atoms with E-state index in [0.29, 0.717) is 6.61 Å².